The maximum atomic E-state index is 13.6. The van der Waals surface area contributed by atoms with E-state index in [0.29, 0.717) is 23.7 Å². The fraction of sp³-hybridized carbons (Fsp3) is 0.167. The number of nitrogens with one attached hydrogen (secondary N) is 1. The van der Waals surface area contributed by atoms with Gasteiger partial charge in [-0.1, -0.05) is 24.3 Å². The summed E-state index contributed by atoms with van der Waals surface area (Å²) in [5.74, 6) is 0.409. The lowest BCUT2D eigenvalue weighted by Gasteiger charge is -2.20. The molecule has 4 nitrogen and oxygen atoms in total. The summed E-state index contributed by atoms with van der Waals surface area (Å²) in [4.78, 5) is 12.3. The molecule has 118 valence electrons. The zero-order valence-corrected chi connectivity index (χ0v) is 12.6. The van der Waals surface area contributed by atoms with Gasteiger partial charge in [-0.25, -0.2) is 4.39 Å². The molecule has 0 fully saturated rings. The first-order chi connectivity index (χ1) is 11.2. The summed E-state index contributed by atoms with van der Waals surface area (Å²) in [5.41, 5.74) is 1.34. The lowest BCUT2D eigenvalue weighted by Crippen LogP contribution is -2.22. The van der Waals surface area contributed by atoms with Crippen molar-refractivity contribution in [2.45, 2.75) is 6.92 Å². The topological polar surface area (TPSA) is 47.6 Å². The summed E-state index contributed by atoms with van der Waals surface area (Å²) in [5, 5.41) is 2.56. The lowest BCUT2D eigenvalue weighted by atomic mass is 10.1. The van der Waals surface area contributed by atoms with Gasteiger partial charge in [0.05, 0.1) is 17.9 Å². The van der Waals surface area contributed by atoms with E-state index < -0.39 is 5.82 Å². The molecule has 0 radical (unpaired) electrons. The molecule has 0 aliphatic carbocycles. The zero-order valence-electron chi connectivity index (χ0n) is 12.6. The van der Waals surface area contributed by atoms with Crippen LogP contribution in [0.5, 0.6) is 11.5 Å². The van der Waals surface area contributed by atoms with Gasteiger partial charge in [-0.3, -0.25) is 4.79 Å². The molecule has 23 heavy (non-hydrogen) atoms. The van der Waals surface area contributed by atoms with Crippen LogP contribution in [0.4, 0.5) is 10.1 Å². The number of amides is 1. The lowest BCUT2D eigenvalue weighted by molar-refractivity contribution is -0.113. The molecule has 3 rings (SSSR count). The fourth-order valence-electron chi connectivity index (χ4n) is 2.35. The van der Waals surface area contributed by atoms with Gasteiger partial charge in [0, 0.05) is 5.56 Å². The Hall–Kier alpha value is -2.82. The Balaban J connectivity index is 1.83. The van der Waals surface area contributed by atoms with Crippen molar-refractivity contribution >= 4 is 17.7 Å². The number of halogens is 1. The number of hydrogen-bond acceptors (Lipinski definition) is 3. The number of carbonyl (C=O) groups excluding carboxylic acids is 1. The number of anilines is 1. The number of rotatable bonds is 4. The van der Waals surface area contributed by atoms with E-state index in [1.807, 2.05) is 25.1 Å². The molecular formula is C18H16FNO3. The SMILES string of the molecule is CCOc1cccc2c1OCC(C(=O)Nc1ccccc1F)=C2. The van der Waals surface area contributed by atoms with Gasteiger partial charge in [-0.2, -0.15) is 0 Å². The highest BCUT2D eigenvalue weighted by atomic mass is 19.1. The van der Waals surface area contributed by atoms with Gasteiger partial charge in [-0.15, -0.1) is 0 Å². The Bertz CT molecular complexity index is 771. The molecule has 1 amide bonds. The van der Waals surface area contributed by atoms with Gasteiger partial charge in [0.2, 0.25) is 0 Å². The Labute approximate surface area is 133 Å². The molecule has 1 N–H and O–H groups in total. The van der Waals surface area contributed by atoms with Crippen molar-refractivity contribution in [3.63, 3.8) is 0 Å². The second kappa shape index (κ2) is 6.52. The third kappa shape index (κ3) is 3.18. The van der Waals surface area contributed by atoms with Crippen LogP contribution in [0.25, 0.3) is 6.08 Å². The minimum atomic E-state index is -0.475. The average molecular weight is 313 g/mol. The highest BCUT2D eigenvalue weighted by Crippen LogP contribution is 2.35. The van der Waals surface area contributed by atoms with Gasteiger partial charge in [-0.05, 0) is 31.2 Å². The molecule has 0 aromatic heterocycles. The van der Waals surface area contributed by atoms with E-state index in [9.17, 15) is 9.18 Å². The Morgan fingerprint density at radius 2 is 2.09 bits per heavy atom. The van der Waals surface area contributed by atoms with E-state index >= 15 is 0 Å². The molecular weight excluding hydrogens is 297 g/mol. The van der Waals surface area contributed by atoms with Gasteiger partial charge < -0.3 is 14.8 Å². The zero-order chi connectivity index (χ0) is 16.2. The average Bonchev–Trinajstić information content (AvgIpc) is 2.57. The molecule has 0 atom stereocenters. The molecule has 0 saturated heterocycles. The van der Waals surface area contributed by atoms with Crippen LogP contribution in [0.2, 0.25) is 0 Å². The number of fused-ring (bicyclic) bond motifs is 1. The highest BCUT2D eigenvalue weighted by Gasteiger charge is 2.20. The van der Waals surface area contributed by atoms with Crippen LogP contribution >= 0.6 is 0 Å². The molecule has 1 aliphatic heterocycles. The largest absolute Gasteiger partial charge is 0.490 e. The molecule has 2 aromatic carbocycles. The number of ether oxygens (including phenoxy) is 2. The van der Waals surface area contributed by atoms with Crippen LogP contribution in [-0.2, 0) is 4.79 Å². The quantitative estimate of drug-likeness (QED) is 0.937. The summed E-state index contributed by atoms with van der Waals surface area (Å²) in [7, 11) is 0. The summed E-state index contributed by atoms with van der Waals surface area (Å²) >= 11 is 0. The van der Waals surface area contributed by atoms with E-state index in [-0.39, 0.29) is 18.2 Å². The minimum Gasteiger partial charge on any atom is -0.490 e. The standard InChI is InChI=1S/C18H16FNO3/c1-2-22-16-9-5-6-12-10-13(11-23-17(12)16)18(21)20-15-8-4-3-7-14(15)19/h3-10H,2,11H2,1H3,(H,20,21). The van der Waals surface area contributed by atoms with Crippen LogP contribution in [-0.4, -0.2) is 19.1 Å². The van der Waals surface area contributed by atoms with Crippen molar-refractivity contribution in [3.8, 4) is 11.5 Å². The van der Waals surface area contributed by atoms with E-state index in [0.717, 1.165) is 5.56 Å². The number of para-hydroxylation sites is 2. The van der Waals surface area contributed by atoms with E-state index in [2.05, 4.69) is 5.32 Å². The van der Waals surface area contributed by atoms with Crippen molar-refractivity contribution in [1.29, 1.82) is 0 Å². The third-order valence-electron chi connectivity index (χ3n) is 3.42. The normalized spacial score (nSPS) is 12.7. The minimum absolute atomic E-state index is 0.109. The summed E-state index contributed by atoms with van der Waals surface area (Å²) < 4.78 is 24.8. The van der Waals surface area contributed by atoms with Crippen molar-refractivity contribution in [2.75, 3.05) is 18.5 Å². The summed E-state index contributed by atoms with van der Waals surface area (Å²) in [6.45, 7) is 2.53. The van der Waals surface area contributed by atoms with Crippen molar-refractivity contribution in [3.05, 3.63) is 59.4 Å². The summed E-state index contributed by atoms with van der Waals surface area (Å²) in [6, 6.07) is 11.5. The van der Waals surface area contributed by atoms with Crippen LogP contribution in [0.1, 0.15) is 12.5 Å². The molecule has 0 spiro atoms. The highest BCUT2D eigenvalue weighted by molar-refractivity contribution is 6.07. The predicted octanol–water partition coefficient (Wildman–Crippen LogP) is 3.64. The number of hydrogen-bond donors (Lipinski definition) is 1. The Morgan fingerprint density at radius 1 is 1.26 bits per heavy atom. The fourth-order valence-corrected chi connectivity index (χ4v) is 2.35. The third-order valence-corrected chi connectivity index (χ3v) is 3.42. The smallest absolute Gasteiger partial charge is 0.255 e. The molecule has 0 unspecified atom stereocenters. The maximum absolute atomic E-state index is 13.6. The molecule has 1 heterocycles. The van der Waals surface area contributed by atoms with Gasteiger partial charge in [0.25, 0.3) is 5.91 Å². The van der Waals surface area contributed by atoms with Crippen LogP contribution in [0.15, 0.2) is 48.0 Å². The van der Waals surface area contributed by atoms with Crippen molar-refractivity contribution in [1.82, 2.24) is 0 Å². The second-order valence-electron chi connectivity index (χ2n) is 5.00. The van der Waals surface area contributed by atoms with E-state index in [1.165, 1.54) is 12.1 Å². The first kappa shape index (κ1) is 15.1. The second-order valence-corrected chi connectivity index (χ2v) is 5.00. The Morgan fingerprint density at radius 3 is 2.87 bits per heavy atom. The molecule has 2 aromatic rings. The predicted molar refractivity (Wildman–Crippen MR) is 86.1 cm³/mol. The van der Waals surface area contributed by atoms with Gasteiger partial charge in [0.1, 0.15) is 12.4 Å². The van der Waals surface area contributed by atoms with Gasteiger partial charge in [0.15, 0.2) is 11.5 Å². The first-order valence-corrected chi connectivity index (χ1v) is 7.34. The molecule has 1 aliphatic rings. The molecule has 0 bridgehead atoms. The Kier molecular flexibility index (Phi) is 4.28. The maximum Gasteiger partial charge on any atom is 0.255 e. The molecule has 5 heteroatoms. The summed E-state index contributed by atoms with van der Waals surface area (Å²) in [6.07, 6.45) is 1.73. The van der Waals surface area contributed by atoms with Gasteiger partial charge >= 0.3 is 0 Å². The van der Waals surface area contributed by atoms with Crippen LogP contribution in [0, 0.1) is 5.82 Å². The first-order valence-electron chi connectivity index (χ1n) is 7.34. The van der Waals surface area contributed by atoms with Crippen LogP contribution < -0.4 is 14.8 Å². The number of carbonyl (C=O) groups is 1. The van der Waals surface area contributed by atoms with Crippen LogP contribution in [0.3, 0.4) is 0 Å². The molecule has 0 saturated carbocycles. The monoisotopic (exact) mass is 313 g/mol. The van der Waals surface area contributed by atoms with E-state index in [1.54, 1.807) is 18.2 Å². The van der Waals surface area contributed by atoms with E-state index in [4.69, 9.17) is 9.47 Å². The van der Waals surface area contributed by atoms with Crippen molar-refractivity contribution in [2.24, 2.45) is 0 Å². The van der Waals surface area contributed by atoms with Crippen molar-refractivity contribution < 1.29 is 18.7 Å². The number of benzene rings is 2.